The maximum atomic E-state index is 12.6. The summed E-state index contributed by atoms with van der Waals surface area (Å²) in [5.41, 5.74) is 0.569. The highest BCUT2D eigenvalue weighted by Crippen LogP contribution is 2.20. The first-order chi connectivity index (χ1) is 10.4. The molecule has 0 saturated carbocycles. The van der Waals surface area contributed by atoms with Crippen LogP contribution in [-0.4, -0.2) is 57.9 Å². The molecule has 1 saturated heterocycles. The van der Waals surface area contributed by atoms with Crippen LogP contribution >= 0.6 is 0 Å². The van der Waals surface area contributed by atoms with Crippen LogP contribution in [0.4, 0.5) is 0 Å². The fourth-order valence-electron chi connectivity index (χ4n) is 2.83. The Labute approximate surface area is 129 Å². The molecule has 22 heavy (non-hydrogen) atoms. The minimum Gasteiger partial charge on any atom is -0.481 e. The largest absolute Gasteiger partial charge is 0.481 e. The lowest BCUT2D eigenvalue weighted by Crippen LogP contribution is -2.60. The summed E-state index contributed by atoms with van der Waals surface area (Å²) in [5, 5.41) is 9.03. The first kappa shape index (κ1) is 16.0. The number of carboxylic acid groups (broad SMARTS) is 1. The van der Waals surface area contributed by atoms with Crippen molar-refractivity contribution in [2.24, 2.45) is 0 Å². The van der Waals surface area contributed by atoms with Crippen LogP contribution in [0.3, 0.4) is 0 Å². The van der Waals surface area contributed by atoms with E-state index >= 15 is 0 Å². The second kappa shape index (κ2) is 6.60. The van der Waals surface area contributed by atoms with Crippen molar-refractivity contribution in [1.82, 2.24) is 9.80 Å². The summed E-state index contributed by atoms with van der Waals surface area (Å²) in [7, 11) is 0. The average Bonchev–Trinajstić information content (AvgIpc) is 2.48. The lowest BCUT2D eigenvalue weighted by atomic mass is 10.0. The number of aliphatic carboxylic acids is 1. The molecule has 2 rings (SSSR count). The monoisotopic (exact) mass is 304 g/mol. The number of benzene rings is 1. The van der Waals surface area contributed by atoms with Crippen molar-refractivity contribution in [3.05, 3.63) is 35.9 Å². The summed E-state index contributed by atoms with van der Waals surface area (Å²) in [4.78, 5) is 38.5. The second-order valence-electron chi connectivity index (χ2n) is 5.60. The summed E-state index contributed by atoms with van der Waals surface area (Å²) < 4.78 is 0. The third-order valence-electron chi connectivity index (χ3n) is 3.94. The number of rotatable bonds is 3. The number of piperazine rings is 1. The number of hydrogen-bond acceptors (Lipinski definition) is 3. The Bertz CT molecular complexity index is 573. The van der Waals surface area contributed by atoms with E-state index < -0.39 is 12.0 Å². The van der Waals surface area contributed by atoms with Crippen LogP contribution in [0.1, 0.15) is 30.6 Å². The van der Waals surface area contributed by atoms with Crippen LogP contribution in [0.25, 0.3) is 0 Å². The molecule has 0 bridgehead atoms. The van der Waals surface area contributed by atoms with E-state index in [0.717, 1.165) is 0 Å². The lowest BCUT2D eigenvalue weighted by molar-refractivity contribution is -0.142. The predicted molar refractivity (Wildman–Crippen MR) is 80.4 cm³/mol. The van der Waals surface area contributed by atoms with Crippen LogP contribution in [0.15, 0.2) is 30.3 Å². The van der Waals surface area contributed by atoms with E-state index in [-0.39, 0.29) is 30.8 Å². The standard InChI is InChI=1S/C16H20N2O4/c1-11-9-18(12(2)19)14(8-15(20)21)10-17(11)16(22)13-6-4-3-5-7-13/h3-7,11,14H,8-10H2,1-2H3,(H,20,21)/t11-,14+/m0/s1. The van der Waals surface area contributed by atoms with Gasteiger partial charge in [0.05, 0.1) is 12.5 Å². The maximum Gasteiger partial charge on any atom is 0.305 e. The van der Waals surface area contributed by atoms with Crippen molar-refractivity contribution >= 4 is 17.8 Å². The zero-order valence-electron chi connectivity index (χ0n) is 12.7. The highest BCUT2D eigenvalue weighted by molar-refractivity contribution is 5.94. The molecule has 6 heteroatoms. The minimum absolute atomic E-state index is 0.133. The van der Waals surface area contributed by atoms with Gasteiger partial charge >= 0.3 is 5.97 Å². The highest BCUT2D eigenvalue weighted by atomic mass is 16.4. The van der Waals surface area contributed by atoms with Crippen molar-refractivity contribution in [2.75, 3.05) is 13.1 Å². The van der Waals surface area contributed by atoms with Gasteiger partial charge in [-0.05, 0) is 19.1 Å². The Morgan fingerprint density at radius 1 is 1.14 bits per heavy atom. The minimum atomic E-state index is -0.974. The lowest BCUT2D eigenvalue weighted by Gasteiger charge is -2.44. The van der Waals surface area contributed by atoms with Crippen LogP contribution in [-0.2, 0) is 9.59 Å². The topological polar surface area (TPSA) is 77.9 Å². The number of carbonyl (C=O) groups is 3. The summed E-state index contributed by atoms with van der Waals surface area (Å²) in [5.74, 6) is -1.27. The quantitative estimate of drug-likeness (QED) is 0.911. The van der Waals surface area contributed by atoms with Gasteiger partial charge in [-0.15, -0.1) is 0 Å². The van der Waals surface area contributed by atoms with E-state index in [9.17, 15) is 14.4 Å². The van der Waals surface area contributed by atoms with E-state index in [4.69, 9.17) is 5.11 Å². The highest BCUT2D eigenvalue weighted by Gasteiger charge is 2.36. The molecule has 1 heterocycles. The zero-order chi connectivity index (χ0) is 16.3. The molecule has 1 aliphatic heterocycles. The van der Waals surface area contributed by atoms with Gasteiger partial charge < -0.3 is 14.9 Å². The Morgan fingerprint density at radius 3 is 2.32 bits per heavy atom. The average molecular weight is 304 g/mol. The Hall–Kier alpha value is -2.37. The van der Waals surface area contributed by atoms with Crippen molar-refractivity contribution in [3.8, 4) is 0 Å². The van der Waals surface area contributed by atoms with Gasteiger partial charge in [0.1, 0.15) is 0 Å². The molecule has 1 N–H and O–H groups in total. The number of nitrogens with zero attached hydrogens (tertiary/aromatic N) is 2. The summed E-state index contributed by atoms with van der Waals surface area (Å²) in [6.07, 6.45) is -0.162. The van der Waals surface area contributed by atoms with Crippen molar-refractivity contribution in [1.29, 1.82) is 0 Å². The summed E-state index contributed by atoms with van der Waals surface area (Å²) in [6.45, 7) is 3.89. The Morgan fingerprint density at radius 2 is 1.77 bits per heavy atom. The molecule has 0 aromatic heterocycles. The van der Waals surface area contributed by atoms with E-state index in [0.29, 0.717) is 12.1 Å². The van der Waals surface area contributed by atoms with Gasteiger partial charge in [-0.25, -0.2) is 0 Å². The molecular weight excluding hydrogens is 284 g/mol. The fourth-order valence-corrected chi connectivity index (χ4v) is 2.83. The molecule has 0 spiro atoms. The van der Waals surface area contributed by atoms with Crippen LogP contribution in [0.5, 0.6) is 0 Å². The molecule has 1 fully saturated rings. The van der Waals surface area contributed by atoms with Gasteiger partial charge in [0.25, 0.3) is 5.91 Å². The van der Waals surface area contributed by atoms with Gasteiger partial charge in [-0.3, -0.25) is 14.4 Å². The van der Waals surface area contributed by atoms with Crippen LogP contribution < -0.4 is 0 Å². The normalized spacial score (nSPS) is 21.5. The van der Waals surface area contributed by atoms with Crippen molar-refractivity contribution < 1.29 is 19.5 Å². The summed E-state index contributed by atoms with van der Waals surface area (Å²) in [6, 6.07) is 8.25. The van der Waals surface area contributed by atoms with Crippen molar-refractivity contribution in [2.45, 2.75) is 32.4 Å². The van der Waals surface area contributed by atoms with Crippen LogP contribution in [0.2, 0.25) is 0 Å². The van der Waals surface area contributed by atoms with Gasteiger partial charge in [0, 0.05) is 31.6 Å². The van der Waals surface area contributed by atoms with Gasteiger partial charge in [0.15, 0.2) is 0 Å². The maximum absolute atomic E-state index is 12.6. The van der Waals surface area contributed by atoms with E-state index in [1.165, 1.54) is 6.92 Å². The first-order valence-electron chi connectivity index (χ1n) is 7.25. The first-order valence-corrected chi connectivity index (χ1v) is 7.25. The van der Waals surface area contributed by atoms with Crippen LogP contribution in [0, 0.1) is 0 Å². The Kier molecular flexibility index (Phi) is 4.80. The number of amides is 2. The molecule has 2 atom stereocenters. The molecule has 2 amide bonds. The SMILES string of the molecule is CC(=O)N1C[C@H](C)N(C(=O)c2ccccc2)C[C@H]1CC(=O)O. The van der Waals surface area contributed by atoms with E-state index in [2.05, 4.69) is 0 Å². The molecule has 0 aliphatic carbocycles. The molecule has 118 valence electrons. The molecule has 1 aromatic rings. The smallest absolute Gasteiger partial charge is 0.305 e. The van der Waals surface area contributed by atoms with Crippen molar-refractivity contribution in [3.63, 3.8) is 0 Å². The Balaban J connectivity index is 2.21. The van der Waals surface area contributed by atoms with Gasteiger partial charge in [0.2, 0.25) is 5.91 Å². The number of carbonyl (C=O) groups excluding carboxylic acids is 2. The molecular formula is C16H20N2O4. The van der Waals surface area contributed by atoms with Gasteiger partial charge in [-0.2, -0.15) is 0 Å². The third kappa shape index (κ3) is 3.44. The van der Waals surface area contributed by atoms with Gasteiger partial charge in [-0.1, -0.05) is 18.2 Å². The number of carboxylic acids is 1. The summed E-state index contributed by atoms with van der Waals surface area (Å²) >= 11 is 0. The predicted octanol–water partition coefficient (Wildman–Crippen LogP) is 1.22. The second-order valence-corrected chi connectivity index (χ2v) is 5.60. The van der Waals surface area contributed by atoms with E-state index in [1.807, 2.05) is 13.0 Å². The zero-order valence-corrected chi connectivity index (χ0v) is 12.7. The molecule has 6 nitrogen and oxygen atoms in total. The van der Waals surface area contributed by atoms with E-state index in [1.54, 1.807) is 34.1 Å². The molecule has 1 aromatic carbocycles. The third-order valence-corrected chi connectivity index (χ3v) is 3.94. The molecule has 0 radical (unpaired) electrons. The molecule has 0 unspecified atom stereocenters. The molecule has 1 aliphatic rings. The number of hydrogen-bond donors (Lipinski definition) is 1. The fraction of sp³-hybridized carbons (Fsp3) is 0.438.